The number of nitrogens with zero attached hydrogens (tertiary/aromatic N) is 6. The maximum Gasteiger partial charge on any atom is 0.232 e. The van der Waals surface area contributed by atoms with Gasteiger partial charge in [-0.1, -0.05) is 5.11 Å². The van der Waals surface area contributed by atoms with Crippen LogP contribution in [0.15, 0.2) is 29.5 Å². The zero-order valence-electron chi connectivity index (χ0n) is 16.1. The zero-order chi connectivity index (χ0) is 20.8. The van der Waals surface area contributed by atoms with Crippen LogP contribution in [0.4, 0.5) is 4.39 Å². The Kier molecular flexibility index (Phi) is 4.38. The van der Waals surface area contributed by atoms with Crippen LogP contribution >= 0.6 is 11.3 Å². The van der Waals surface area contributed by atoms with Gasteiger partial charge in [0.1, 0.15) is 11.1 Å². The number of aryl methyl sites for hydroxylation is 1. The van der Waals surface area contributed by atoms with E-state index in [1.54, 1.807) is 13.3 Å². The molecule has 0 spiro atoms. The summed E-state index contributed by atoms with van der Waals surface area (Å²) in [5, 5.41) is 4.28. The molecule has 150 valence electrons. The van der Waals surface area contributed by atoms with Crippen molar-refractivity contribution >= 4 is 32.6 Å². The zero-order valence-corrected chi connectivity index (χ0v) is 16.9. The van der Waals surface area contributed by atoms with Crippen LogP contribution in [0.5, 0.6) is 11.6 Å². The standard InChI is InChI=1S/C20H15FN6O2S/c1-9-3-11(17-14(4-9)25-16(28-2)8-23-17)20-26-15-6-13(21)18-12(19(15)30-20)5-10(29-18)7-24-27-22/h3-4,6,8,10H,5,7H2,1-2H3. The molecule has 0 N–H and O–H groups in total. The highest BCUT2D eigenvalue weighted by molar-refractivity contribution is 7.22. The third-order valence-corrected chi connectivity index (χ3v) is 6.12. The summed E-state index contributed by atoms with van der Waals surface area (Å²) in [4.78, 5) is 16.4. The van der Waals surface area contributed by atoms with Gasteiger partial charge in [-0.15, -0.1) is 11.3 Å². The lowest BCUT2D eigenvalue weighted by molar-refractivity contribution is 0.232. The summed E-state index contributed by atoms with van der Waals surface area (Å²) in [6.45, 7) is 2.13. The van der Waals surface area contributed by atoms with Gasteiger partial charge >= 0.3 is 0 Å². The lowest BCUT2D eigenvalue weighted by Crippen LogP contribution is -2.16. The molecule has 0 saturated carbocycles. The van der Waals surface area contributed by atoms with Crippen LogP contribution in [-0.4, -0.2) is 34.7 Å². The molecule has 0 fully saturated rings. The van der Waals surface area contributed by atoms with E-state index in [1.807, 2.05) is 19.1 Å². The van der Waals surface area contributed by atoms with Crippen LogP contribution in [0.3, 0.4) is 0 Å². The van der Waals surface area contributed by atoms with Gasteiger partial charge in [-0.2, -0.15) is 0 Å². The number of fused-ring (bicyclic) bond motifs is 4. The number of benzene rings is 2. The van der Waals surface area contributed by atoms with Gasteiger partial charge in [0, 0.05) is 28.5 Å². The van der Waals surface area contributed by atoms with Crippen LogP contribution in [0.25, 0.3) is 42.3 Å². The largest absolute Gasteiger partial charge is 0.487 e. The predicted octanol–water partition coefficient (Wildman–Crippen LogP) is 4.98. The predicted molar refractivity (Wildman–Crippen MR) is 112 cm³/mol. The van der Waals surface area contributed by atoms with Gasteiger partial charge in [-0.05, 0) is 30.2 Å². The Bertz CT molecular complexity index is 1360. The number of ether oxygens (including phenoxy) is 2. The number of halogens is 1. The average molecular weight is 422 g/mol. The van der Waals surface area contributed by atoms with Gasteiger partial charge in [0.05, 0.1) is 41.1 Å². The SMILES string of the molecule is COc1cnc2c(-c3nc4cc(F)c5c(c4s3)CC(CN=[N+]=[N-])O5)cc(C)cc2n1. The van der Waals surface area contributed by atoms with Crippen molar-refractivity contribution in [2.45, 2.75) is 19.4 Å². The summed E-state index contributed by atoms with van der Waals surface area (Å²) in [7, 11) is 1.55. The lowest BCUT2D eigenvalue weighted by Gasteiger charge is -2.06. The molecule has 2 aromatic carbocycles. The molecule has 4 aromatic rings. The van der Waals surface area contributed by atoms with Gasteiger partial charge in [-0.25, -0.2) is 19.3 Å². The first kappa shape index (κ1) is 18.5. The van der Waals surface area contributed by atoms with Crippen molar-refractivity contribution in [3.05, 3.63) is 51.8 Å². The first-order chi connectivity index (χ1) is 14.6. The first-order valence-electron chi connectivity index (χ1n) is 9.18. The number of rotatable bonds is 4. The van der Waals surface area contributed by atoms with Crippen LogP contribution < -0.4 is 9.47 Å². The Hall–Kier alpha value is -3.49. The van der Waals surface area contributed by atoms with Crippen molar-refractivity contribution in [3.63, 3.8) is 0 Å². The molecule has 10 heteroatoms. The van der Waals surface area contributed by atoms with E-state index in [2.05, 4.69) is 25.0 Å². The van der Waals surface area contributed by atoms with Crippen molar-refractivity contribution < 1.29 is 13.9 Å². The molecule has 3 heterocycles. The molecule has 1 aliphatic rings. The smallest absolute Gasteiger partial charge is 0.232 e. The molecule has 1 atom stereocenters. The molecular formula is C20H15FN6O2S. The number of methoxy groups -OCH3 is 1. The Labute approximate surface area is 173 Å². The quantitative estimate of drug-likeness (QED) is 0.262. The Balaban J connectivity index is 1.66. The highest BCUT2D eigenvalue weighted by atomic mass is 32.1. The first-order valence-corrected chi connectivity index (χ1v) is 10.00. The van der Waals surface area contributed by atoms with Crippen LogP contribution in [0.1, 0.15) is 11.1 Å². The van der Waals surface area contributed by atoms with Crippen molar-refractivity contribution in [3.8, 4) is 22.2 Å². The van der Waals surface area contributed by atoms with E-state index in [1.165, 1.54) is 17.4 Å². The monoisotopic (exact) mass is 422 g/mol. The number of aromatic nitrogens is 3. The molecule has 1 aliphatic heterocycles. The van der Waals surface area contributed by atoms with Crippen LogP contribution in [0, 0.1) is 12.7 Å². The molecule has 0 bridgehead atoms. The molecular weight excluding hydrogens is 407 g/mol. The van der Waals surface area contributed by atoms with Gasteiger partial charge < -0.3 is 9.47 Å². The van der Waals surface area contributed by atoms with Crippen molar-refractivity contribution in [1.29, 1.82) is 0 Å². The second-order valence-corrected chi connectivity index (χ2v) is 7.98. The van der Waals surface area contributed by atoms with E-state index in [9.17, 15) is 4.39 Å². The van der Waals surface area contributed by atoms with E-state index < -0.39 is 5.82 Å². The summed E-state index contributed by atoms with van der Waals surface area (Å²) in [5.41, 5.74) is 13.1. The molecule has 0 aliphatic carbocycles. The number of hydrogen-bond acceptors (Lipinski definition) is 7. The van der Waals surface area contributed by atoms with Crippen molar-refractivity contribution in [2.75, 3.05) is 13.7 Å². The molecule has 2 aromatic heterocycles. The minimum Gasteiger partial charge on any atom is -0.487 e. The third kappa shape index (κ3) is 2.97. The maximum atomic E-state index is 14.6. The van der Waals surface area contributed by atoms with Gasteiger partial charge in [0.25, 0.3) is 0 Å². The van der Waals surface area contributed by atoms with Gasteiger partial charge in [0.15, 0.2) is 11.6 Å². The Morgan fingerprint density at radius 2 is 2.20 bits per heavy atom. The number of hydrogen-bond donors (Lipinski definition) is 0. The van der Waals surface area contributed by atoms with E-state index in [-0.39, 0.29) is 18.4 Å². The highest BCUT2D eigenvalue weighted by Gasteiger charge is 2.29. The van der Waals surface area contributed by atoms with E-state index in [0.29, 0.717) is 28.9 Å². The normalized spacial score (nSPS) is 15.1. The molecule has 5 rings (SSSR count). The van der Waals surface area contributed by atoms with Crippen molar-refractivity contribution in [1.82, 2.24) is 15.0 Å². The summed E-state index contributed by atoms with van der Waals surface area (Å²) in [6.07, 6.45) is 1.66. The Morgan fingerprint density at radius 3 is 3.00 bits per heavy atom. The van der Waals surface area contributed by atoms with Gasteiger partial charge in [0.2, 0.25) is 5.88 Å². The maximum absolute atomic E-state index is 14.6. The fraction of sp³-hybridized carbons (Fsp3) is 0.250. The fourth-order valence-corrected chi connectivity index (χ4v) is 4.79. The van der Waals surface area contributed by atoms with Gasteiger partial charge in [-0.3, -0.25) is 0 Å². The minimum absolute atomic E-state index is 0.151. The average Bonchev–Trinajstić information content (AvgIpc) is 3.35. The highest BCUT2D eigenvalue weighted by Crippen LogP contribution is 2.43. The molecule has 1 unspecified atom stereocenters. The summed E-state index contributed by atoms with van der Waals surface area (Å²) in [6, 6.07) is 5.32. The van der Waals surface area contributed by atoms with Crippen molar-refractivity contribution in [2.24, 2.45) is 5.11 Å². The van der Waals surface area contributed by atoms with E-state index in [4.69, 9.17) is 15.0 Å². The molecule has 0 radical (unpaired) electrons. The van der Waals surface area contributed by atoms with E-state index in [0.717, 1.165) is 26.4 Å². The fourth-order valence-electron chi connectivity index (χ4n) is 3.68. The second kappa shape index (κ2) is 7.08. The van der Waals surface area contributed by atoms with Crippen LogP contribution in [0.2, 0.25) is 0 Å². The third-order valence-electron chi connectivity index (χ3n) is 4.96. The molecule has 8 nitrogen and oxygen atoms in total. The van der Waals surface area contributed by atoms with E-state index >= 15 is 0 Å². The minimum atomic E-state index is -0.462. The summed E-state index contributed by atoms with van der Waals surface area (Å²) >= 11 is 1.46. The molecule has 0 amide bonds. The number of thiazole rings is 1. The topological polar surface area (TPSA) is 106 Å². The molecule has 0 saturated heterocycles. The van der Waals surface area contributed by atoms with Crippen LogP contribution in [-0.2, 0) is 6.42 Å². The molecule has 30 heavy (non-hydrogen) atoms. The second-order valence-electron chi connectivity index (χ2n) is 6.98. The number of azide groups is 1. The summed E-state index contributed by atoms with van der Waals surface area (Å²) in [5.74, 6) is 0.192. The summed E-state index contributed by atoms with van der Waals surface area (Å²) < 4.78 is 26.4. The lowest BCUT2D eigenvalue weighted by atomic mass is 10.1. The Morgan fingerprint density at radius 1 is 1.33 bits per heavy atom.